The molecule has 1 saturated heterocycles. The molecule has 2 aliphatic heterocycles. The Balaban J connectivity index is 2.05. The van der Waals surface area contributed by atoms with E-state index in [0.29, 0.717) is 17.2 Å². The van der Waals surface area contributed by atoms with E-state index < -0.39 is 20.2 Å². The summed E-state index contributed by atoms with van der Waals surface area (Å²) < 4.78 is 33.3. The molecule has 1 unspecified atom stereocenters. The van der Waals surface area contributed by atoms with Crippen molar-refractivity contribution in [3.63, 3.8) is 0 Å². The number of ether oxygens (including phenoxy) is 2. The molecule has 1 atom stereocenters. The lowest BCUT2D eigenvalue weighted by molar-refractivity contribution is -0.117. The van der Waals surface area contributed by atoms with E-state index in [9.17, 15) is 18.0 Å². The van der Waals surface area contributed by atoms with Crippen LogP contribution >= 0.6 is 10.7 Å². The van der Waals surface area contributed by atoms with Crippen LogP contribution in [0.5, 0.6) is 11.5 Å². The molecule has 0 N–H and O–H groups in total. The zero-order valence-corrected chi connectivity index (χ0v) is 13.1. The second-order valence-electron chi connectivity index (χ2n) is 5.08. The maximum Gasteiger partial charge on any atom is 0.237 e. The average Bonchev–Trinajstić information content (AvgIpc) is 3.01. The smallest absolute Gasteiger partial charge is 0.237 e. The number of benzene rings is 1. The van der Waals surface area contributed by atoms with Crippen LogP contribution in [0.3, 0.4) is 0 Å². The number of carbonyl (C=O) groups is 2. The summed E-state index contributed by atoms with van der Waals surface area (Å²) in [5.74, 6) is 0.154. The van der Waals surface area contributed by atoms with E-state index in [4.69, 9.17) is 20.2 Å². The molecule has 0 spiro atoms. The molecule has 2 heterocycles. The Morgan fingerprint density at radius 3 is 2.50 bits per heavy atom. The molecule has 0 bridgehead atoms. The summed E-state index contributed by atoms with van der Waals surface area (Å²) >= 11 is 0. The Kier molecular flexibility index (Phi) is 3.53. The third kappa shape index (κ3) is 2.52. The maximum atomic E-state index is 12.1. The van der Waals surface area contributed by atoms with Gasteiger partial charge >= 0.3 is 0 Å². The van der Waals surface area contributed by atoms with Crippen molar-refractivity contribution in [2.45, 2.75) is 18.6 Å². The van der Waals surface area contributed by atoms with Crippen LogP contribution in [0.15, 0.2) is 12.1 Å². The second kappa shape index (κ2) is 5.13. The van der Waals surface area contributed by atoms with Crippen molar-refractivity contribution in [3.8, 4) is 11.5 Å². The van der Waals surface area contributed by atoms with E-state index >= 15 is 0 Å². The molecule has 0 aliphatic carbocycles. The lowest BCUT2D eigenvalue weighted by Crippen LogP contribution is -2.28. The highest BCUT2D eigenvalue weighted by molar-refractivity contribution is 8.14. The Morgan fingerprint density at radius 1 is 1.32 bits per heavy atom. The van der Waals surface area contributed by atoms with E-state index in [0.717, 1.165) is 0 Å². The summed E-state index contributed by atoms with van der Waals surface area (Å²) in [7, 11) is 1.48. The van der Waals surface area contributed by atoms with Crippen LogP contribution in [-0.4, -0.2) is 38.7 Å². The third-order valence-corrected chi connectivity index (χ3v) is 5.52. The van der Waals surface area contributed by atoms with Gasteiger partial charge in [-0.05, 0) is 13.0 Å². The highest BCUT2D eigenvalue weighted by atomic mass is 35.7. The standard InChI is InChI=1S/C13H12ClNO6S/c1-7(16)9-3-11-12(21-6-20-11)4-10(9)15-5-8(2-13(15)17)22(14,18)19/h3-4,8H,2,5-6H2,1H3. The Bertz CT molecular complexity index is 775. The minimum Gasteiger partial charge on any atom is -0.454 e. The van der Waals surface area contributed by atoms with Gasteiger partial charge in [-0.15, -0.1) is 0 Å². The fourth-order valence-electron chi connectivity index (χ4n) is 2.53. The van der Waals surface area contributed by atoms with Gasteiger partial charge in [0.05, 0.1) is 5.69 Å². The zero-order chi connectivity index (χ0) is 16.1. The zero-order valence-electron chi connectivity index (χ0n) is 11.5. The van der Waals surface area contributed by atoms with Crippen molar-refractivity contribution in [3.05, 3.63) is 17.7 Å². The van der Waals surface area contributed by atoms with Gasteiger partial charge in [0.2, 0.25) is 21.8 Å². The molecule has 118 valence electrons. The van der Waals surface area contributed by atoms with Crippen molar-refractivity contribution >= 4 is 37.1 Å². The number of hydrogen-bond acceptors (Lipinski definition) is 6. The first-order valence-electron chi connectivity index (χ1n) is 6.46. The van der Waals surface area contributed by atoms with Crippen LogP contribution in [0, 0.1) is 0 Å². The van der Waals surface area contributed by atoms with Crippen LogP contribution < -0.4 is 14.4 Å². The van der Waals surface area contributed by atoms with Crippen molar-refractivity contribution in [1.82, 2.24) is 0 Å². The summed E-state index contributed by atoms with van der Waals surface area (Å²) in [6.45, 7) is 1.30. The predicted octanol–water partition coefficient (Wildman–Crippen LogP) is 1.29. The van der Waals surface area contributed by atoms with Gasteiger partial charge < -0.3 is 14.4 Å². The summed E-state index contributed by atoms with van der Waals surface area (Å²) in [6, 6.07) is 3.01. The molecule has 1 amide bonds. The van der Waals surface area contributed by atoms with Gasteiger partial charge in [-0.3, -0.25) is 9.59 Å². The molecule has 0 aromatic heterocycles. The van der Waals surface area contributed by atoms with E-state index in [1.54, 1.807) is 0 Å². The Hall–Kier alpha value is -1.80. The van der Waals surface area contributed by atoms with Crippen LogP contribution in [0.2, 0.25) is 0 Å². The molecule has 1 aromatic carbocycles. The molecule has 22 heavy (non-hydrogen) atoms. The van der Waals surface area contributed by atoms with Gasteiger partial charge in [0, 0.05) is 35.3 Å². The lowest BCUT2D eigenvalue weighted by atomic mass is 10.1. The number of ketones is 1. The van der Waals surface area contributed by atoms with E-state index in [1.165, 1.54) is 24.0 Å². The van der Waals surface area contributed by atoms with Gasteiger partial charge in [0.25, 0.3) is 0 Å². The summed E-state index contributed by atoms with van der Waals surface area (Å²) in [4.78, 5) is 25.2. The van der Waals surface area contributed by atoms with E-state index in [2.05, 4.69) is 0 Å². The number of amides is 1. The number of halogens is 1. The number of hydrogen-bond donors (Lipinski definition) is 0. The minimum absolute atomic E-state index is 0.0305. The molecule has 1 aromatic rings. The second-order valence-corrected chi connectivity index (χ2v) is 7.99. The number of carbonyl (C=O) groups excluding carboxylic acids is 2. The third-order valence-electron chi connectivity index (χ3n) is 3.65. The lowest BCUT2D eigenvalue weighted by Gasteiger charge is -2.19. The topological polar surface area (TPSA) is 90.0 Å². The fraction of sp³-hybridized carbons (Fsp3) is 0.385. The number of fused-ring (bicyclic) bond motifs is 1. The van der Waals surface area contributed by atoms with Crippen LogP contribution in [0.4, 0.5) is 5.69 Å². The number of Topliss-reactive ketones (excluding diaryl/α,β-unsaturated/α-hetero) is 1. The van der Waals surface area contributed by atoms with Gasteiger partial charge in [-0.2, -0.15) is 0 Å². The van der Waals surface area contributed by atoms with Crippen molar-refractivity contribution in [2.24, 2.45) is 0 Å². The van der Waals surface area contributed by atoms with Crippen LogP contribution in [-0.2, 0) is 13.8 Å². The predicted molar refractivity (Wildman–Crippen MR) is 78.1 cm³/mol. The summed E-state index contributed by atoms with van der Waals surface area (Å²) in [5, 5.41) is -0.994. The molecule has 0 saturated carbocycles. The normalized spacial score (nSPS) is 20.5. The molecular formula is C13H12ClNO6S. The molecule has 1 fully saturated rings. The highest BCUT2D eigenvalue weighted by Gasteiger charge is 2.39. The summed E-state index contributed by atoms with van der Waals surface area (Å²) in [5.41, 5.74) is 0.579. The highest BCUT2D eigenvalue weighted by Crippen LogP contribution is 2.40. The van der Waals surface area contributed by atoms with Crippen molar-refractivity contribution in [1.29, 1.82) is 0 Å². The SMILES string of the molecule is CC(=O)c1cc2c(cc1N1CC(S(=O)(=O)Cl)CC1=O)OCO2. The number of nitrogens with zero attached hydrogens (tertiary/aromatic N) is 1. The van der Waals surface area contributed by atoms with Crippen LogP contribution in [0.25, 0.3) is 0 Å². The fourth-order valence-corrected chi connectivity index (χ4v) is 3.56. The number of rotatable bonds is 3. The Labute approximate surface area is 131 Å². The quantitative estimate of drug-likeness (QED) is 0.605. The average molecular weight is 346 g/mol. The molecular weight excluding hydrogens is 334 g/mol. The molecule has 7 nitrogen and oxygen atoms in total. The van der Waals surface area contributed by atoms with Gasteiger partial charge in [0.1, 0.15) is 5.25 Å². The van der Waals surface area contributed by atoms with Gasteiger partial charge in [-0.25, -0.2) is 8.42 Å². The first kappa shape index (κ1) is 15.1. The van der Waals surface area contributed by atoms with Crippen molar-refractivity contribution < 1.29 is 27.5 Å². The molecule has 0 radical (unpaired) electrons. The first-order chi connectivity index (χ1) is 10.3. The Morgan fingerprint density at radius 2 is 1.95 bits per heavy atom. The van der Waals surface area contributed by atoms with Gasteiger partial charge in [-0.1, -0.05) is 0 Å². The van der Waals surface area contributed by atoms with Crippen molar-refractivity contribution in [2.75, 3.05) is 18.2 Å². The van der Waals surface area contributed by atoms with E-state index in [-0.39, 0.29) is 31.1 Å². The first-order valence-corrected chi connectivity index (χ1v) is 8.83. The molecule has 3 rings (SSSR count). The summed E-state index contributed by atoms with van der Waals surface area (Å²) in [6.07, 6.45) is -0.211. The molecule has 9 heteroatoms. The minimum atomic E-state index is -3.85. The van der Waals surface area contributed by atoms with Gasteiger partial charge in [0.15, 0.2) is 17.3 Å². The maximum absolute atomic E-state index is 12.1. The van der Waals surface area contributed by atoms with E-state index in [1.807, 2.05) is 0 Å². The van der Waals surface area contributed by atoms with Crippen LogP contribution in [0.1, 0.15) is 23.7 Å². The monoisotopic (exact) mass is 345 g/mol. The number of anilines is 1. The largest absolute Gasteiger partial charge is 0.454 e. The molecule has 2 aliphatic rings.